The zero-order valence-electron chi connectivity index (χ0n) is 19.7. The van der Waals surface area contributed by atoms with E-state index in [9.17, 15) is 31.2 Å². The molecule has 1 heterocycles. The van der Waals surface area contributed by atoms with Gasteiger partial charge in [0.25, 0.3) is 0 Å². The Kier molecular flexibility index (Phi) is 7.05. The van der Waals surface area contributed by atoms with Crippen LogP contribution in [0.15, 0.2) is 66.1 Å². The molecule has 0 aliphatic heterocycles. The highest BCUT2D eigenvalue weighted by Gasteiger charge is 2.51. The lowest BCUT2D eigenvalue weighted by Crippen LogP contribution is -2.33. The fourth-order valence-electron chi connectivity index (χ4n) is 3.82. The van der Waals surface area contributed by atoms with Crippen molar-refractivity contribution < 1.29 is 31.2 Å². The average molecular weight is 533 g/mol. The number of carbonyl (C=O) groups is 2. The van der Waals surface area contributed by atoms with Gasteiger partial charge in [-0.3, -0.25) is 9.59 Å². The Hall–Kier alpha value is -3.80. The minimum atomic E-state index is -4.76. The maximum absolute atomic E-state index is 13.5. The van der Waals surface area contributed by atoms with Gasteiger partial charge in [0.05, 0.1) is 27.1 Å². The molecule has 1 fully saturated rings. The molecule has 0 spiro atoms. The van der Waals surface area contributed by atoms with Crippen LogP contribution < -0.4 is 10.6 Å². The minimum absolute atomic E-state index is 0.0642. The summed E-state index contributed by atoms with van der Waals surface area (Å²) in [6, 6.07) is 9.19. The van der Waals surface area contributed by atoms with Gasteiger partial charge < -0.3 is 10.6 Å². The van der Waals surface area contributed by atoms with Gasteiger partial charge in [-0.05, 0) is 48.7 Å². The van der Waals surface area contributed by atoms with E-state index in [0.717, 1.165) is 18.4 Å². The van der Waals surface area contributed by atoms with Crippen molar-refractivity contribution in [3.63, 3.8) is 0 Å². The van der Waals surface area contributed by atoms with Gasteiger partial charge in [0.2, 0.25) is 5.91 Å². The normalized spacial score (nSPS) is 14.6. The Morgan fingerprint density at radius 1 is 1.03 bits per heavy atom. The fraction of sp³-hybridized carbons (Fsp3) is 0.280. The van der Waals surface area contributed by atoms with E-state index in [4.69, 9.17) is 0 Å². The Morgan fingerprint density at radius 2 is 1.68 bits per heavy atom. The van der Waals surface area contributed by atoms with Gasteiger partial charge in [-0.25, -0.2) is 18.4 Å². The van der Waals surface area contributed by atoms with Crippen LogP contribution in [0.25, 0.3) is 0 Å². The van der Waals surface area contributed by atoms with Gasteiger partial charge in [-0.2, -0.15) is 13.2 Å². The minimum Gasteiger partial charge on any atom is -0.355 e. The first kappa shape index (κ1) is 26.3. The molecule has 1 aliphatic rings. The highest BCUT2D eigenvalue weighted by molar-refractivity contribution is 7.90. The number of benzene rings is 2. The number of sulfone groups is 1. The van der Waals surface area contributed by atoms with Crippen molar-refractivity contribution in [1.82, 2.24) is 15.3 Å². The van der Waals surface area contributed by atoms with Gasteiger partial charge in [0.15, 0.2) is 15.6 Å². The van der Waals surface area contributed by atoms with Gasteiger partial charge in [-0.1, -0.05) is 12.1 Å². The van der Waals surface area contributed by atoms with Crippen molar-refractivity contribution in [2.24, 2.45) is 5.41 Å². The van der Waals surface area contributed by atoms with Crippen LogP contribution in [0.2, 0.25) is 0 Å². The predicted molar refractivity (Wildman–Crippen MR) is 129 cm³/mol. The third-order valence-corrected chi connectivity index (χ3v) is 7.24. The molecule has 2 aromatic carbocycles. The molecule has 0 bridgehead atoms. The maximum Gasteiger partial charge on any atom is 0.418 e. The van der Waals surface area contributed by atoms with E-state index in [-0.39, 0.29) is 30.3 Å². The zero-order valence-corrected chi connectivity index (χ0v) is 20.5. The number of halogens is 3. The highest BCUT2D eigenvalue weighted by Crippen LogP contribution is 2.49. The van der Waals surface area contributed by atoms with E-state index in [1.807, 2.05) is 0 Å². The SMILES string of the molecule is CS(=O)(=O)c1ccc(Nc2ccc(CNC(=O)C3(CC(=O)c4cncnc4)CC3)cc2)c(C(F)(F)F)c1. The lowest BCUT2D eigenvalue weighted by Gasteiger charge is -2.16. The monoisotopic (exact) mass is 532 g/mol. The molecule has 0 radical (unpaired) electrons. The number of hydrogen-bond acceptors (Lipinski definition) is 7. The predicted octanol–water partition coefficient (Wildman–Crippen LogP) is 4.31. The zero-order chi connectivity index (χ0) is 26.8. The third kappa shape index (κ3) is 6.31. The van der Waals surface area contributed by atoms with E-state index in [0.29, 0.717) is 35.7 Å². The summed E-state index contributed by atoms with van der Waals surface area (Å²) in [4.78, 5) is 32.4. The van der Waals surface area contributed by atoms with Crippen molar-refractivity contribution in [2.75, 3.05) is 11.6 Å². The molecular formula is C25H23F3N4O4S. The van der Waals surface area contributed by atoms with Gasteiger partial charge in [-0.15, -0.1) is 0 Å². The Bertz CT molecular complexity index is 1420. The summed E-state index contributed by atoms with van der Waals surface area (Å²) in [7, 11) is -3.81. The van der Waals surface area contributed by atoms with Crippen molar-refractivity contribution in [2.45, 2.75) is 36.9 Å². The van der Waals surface area contributed by atoms with Crippen LogP contribution in [-0.2, 0) is 27.4 Å². The summed E-state index contributed by atoms with van der Waals surface area (Å²) < 4.78 is 63.9. The van der Waals surface area contributed by atoms with Crippen molar-refractivity contribution in [1.29, 1.82) is 0 Å². The van der Waals surface area contributed by atoms with Crippen LogP contribution in [0.4, 0.5) is 24.5 Å². The number of anilines is 2. The first-order valence-electron chi connectivity index (χ1n) is 11.2. The number of nitrogens with one attached hydrogen (secondary N) is 2. The molecule has 1 aliphatic carbocycles. The largest absolute Gasteiger partial charge is 0.418 e. The first-order chi connectivity index (χ1) is 17.4. The van der Waals surface area contributed by atoms with Crippen LogP contribution in [0.5, 0.6) is 0 Å². The number of ketones is 1. The molecule has 1 amide bonds. The van der Waals surface area contributed by atoms with Gasteiger partial charge in [0.1, 0.15) is 6.33 Å². The van der Waals surface area contributed by atoms with Crippen LogP contribution in [-0.4, -0.2) is 36.3 Å². The third-order valence-electron chi connectivity index (χ3n) is 6.13. The van der Waals surface area contributed by atoms with E-state index in [1.54, 1.807) is 24.3 Å². The summed E-state index contributed by atoms with van der Waals surface area (Å²) in [5.74, 6) is -0.438. The fourth-order valence-corrected chi connectivity index (χ4v) is 4.46. The molecule has 194 valence electrons. The standard InChI is InChI=1S/C25H23F3N4O4S/c1-37(35,36)19-6-7-21(20(10-19)25(26,27)28)32-18-4-2-16(3-5-18)12-31-23(34)24(8-9-24)11-22(33)17-13-29-15-30-14-17/h2-7,10,13-15,32H,8-9,11-12H2,1H3,(H,31,34). The quantitative estimate of drug-likeness (QED) is 0.394. The highest BCUT2D eigenvalue weighted by atomic mass is 32.2. The second-order valence-electron chi connectivity index (χ2n) is 8.99. The van der Waals surface area contributed by atoms with Gasteiger partial charge >= 0.3 is 6.18 Å². The molecule has 37 heavy (non-hydrogen) atoms. The molecule has 0 atom stereocenters. The first-order valence-corrected chi connectivity index (χ1v) is 13.1. The number of aromatic nitrogens is 2. The van der Waals surface area contributed by atoms with Crippen LogP contribution in [0.3, 0.4) is 0 Å². The van der Waals surface area contributed by atoms with E-state index in [2.05, 4.69) is 20.6 Å². The lowest BCUT2D eigenvalue weighted by atomic mass is 9.95. The summed E-state index contributed by atoms with van der Waals surface area (Å²) >= 11 is 0. The van der Waals surface area contributed by atoms with Crippen LogP contribution in [0, 0.1) is 5.41 Å². The van der Waals surface area contributed by atoms with Crippen molar-refractivity contribution in [3.8, 4) is 0 Å². The summed E-state index contributed by atoms with van der Waals surface area (Å²) in [5, 5.41) is 5.50. The van der Waals surface area contributed by atoms with E-state index in [1.165, 1.54) is 18.7 Å². The molecular weight excluding hydrogens is 509 g/mol. The smallest absolute Gasteiger partial charge is 0.355 e. The van der Waals surface area contributed by atoms with E-state index >= 15 is 0 Å². The molecule has 0 unspecified atom stereocenters. The molecule has 12 heteroatoms. The van der Waals surface area contributed by atoms with Crippen molar-refractivity contribution >= 4 is 32.9 Å². The molecule has 4 rings (SSSR count). The molecule has 3 aromatic rings. The van der Waals surface area contributed by atoms with Crippen LogP contribution in [0.1, 0.15) is 40.7 Å². The number of carbonyl (C=O) groups excluding carboxylic acids is 2. The van der Waals surface area contributed by atoms with Gasteiger partial charge in [0, 0.05) is 37.3 Å². The summed E-state index contributed by atoms with van der Waals surface area (Å²) in [6.07, 6.45) is 1.49. The molecule has 0 saturated heterocycles. The molecule has 8 nitrogen and oxygen atoms in total. The average Bonchev–Trinajstić information content (AvgIpc) is 3.63. The number of Topliss-reactive ketones (excluding diaryl/α,β-unsaturated/α-hetero) is 1. The number of nitrogens with zero attached hydrogens (tertiary/aromatic N) is 2. The second kappa shape index (κ2) is 9.92. The van der Waals surface area contributed by atoms with E-state index < -0.39 is 31.9 Å². The molecule has 1 saturated carbocycles. The lowest BCUT2D eigenvalue weighted by molar-refractivity contribution is -0.137. The number of rotatable bonds is 9. The molecule has 1 aromatic heterocycles. The van der Waals surface area contributed by atoms with Crippen molar-refractivity contribution in [3.05, 3.63) is 77.9 Å². The second-order valence-corrected chi connectivity index (χ2v) is 11.0. The summed E-state index contributed by atoms with van der Waals surface area (Å²) in [6.45, 7) is 0.181. The maximum atomic E-state index is 13.5. The Labute approximate surface area is 211 Å². The number of alkyl halides is 3. The summed E-state index contributed by atoms with van der Waals surface area (Å²) in [5.41, 5.74) is -0.726. The molecule has 2 N–H and O–H groups in total. The Morgan fingerprint density at radius 3 is 2.24 bits per heavy atom. The van der Waals surface area contributed by atoms with Crippen LogP contribution >= 0.6 is 0 Å². The Balaban J connectivity index is 1.39. The topological polar surface area (TPSA) is 118 Å². The number of amides is 1. The number of hydrogen-bond donors (Lipinski definition) is 2.